The molecule has 106 valence electrons. The molecule has 2 aromatic rings. The summed E-state index contributed by atoms with van der Waals surface area (Å²) in [6.07, 6.45) is 0.877. The topological polar surface area (TPSA) is 70.5 Å². The zero-order chi connectivity index (χ0) is 14.4. The van der Waals surface area contributed by atoms with Gasteiger partial charge in [0.15, 0.2) is 0 Å². The first-order valence-corrected chi connectivity index (χ1v) is 6.64. The van der Waals surface area contributed by atoms with E-state index in [1.54, 1.807) is 0 Å². The first-order valence-electron chi connectivity index (χ1n) is 6.64. The van der Waals surface area contributed by atoms with E-state index in [0.717, 1.165) is 29.3 Å². The van der Waals surface area contributed by atoms with Gasteiger partial charge in [-0.25, -0.2) is 0 Å². The van der Waals surface area contributed by atoms with Gasteiger partial charge in [0.1, 0.15) is 11.5 Å². The standard InChI is InChI=1S/C16H20N2O2/c1-12(20-16-8-4-14(18)5-9-16)10-11-19-15-6-2-13(17)3-7-15/h2-9,12H,10-11,17-18H2,1H3. The number of hydrogen-bond acceptors (Lipinski definition) is 4. The van der Waals surface area contributed by atoms with Crippen LogP contribution in [0.2, 0.25) is 0 Å². The zero-order valence-corrected chi connectivity index (χ0v) is 11.6. The van der Waals surface area contributed by atoms with Crippen molar-refractivity contribution >= 4 is 11.4 Å². The molecular weight excluding hydrogens is 252 g/mol. The maximum Gasteiger partial charge on any atom is 0.119 e. The van der Waals surface area contributed by atoms with E-state index < -0.39 is 0 Å². The summed E-state index contributed by atoms with van der Waals surface area (Å²) >= 11 is 0. The molecule has 0 fully saturated rings. The van der Waals surface area contributed by atoms with Crippen molar-refractivity contribution in [3.05, 3.63) is 48.5 Å². The molecule has 0 aliphatic heterocycles. The summed E-state index contributed by atoms with van der Waals surface area (Å²) in [7, 11) is 0. The van der Waals surface area contributed by atoms with Crippen LogP contribution in [0.5, 0.6) is 11.5 Å². The molecule has 1 atom stereocenters. The molecule has 4 nitrogen and oxygen atoms in total. The van der Waals surface area contributed by atoms with E-state index in [4.69, 9.17) is 20.9 Å². The lowest BCUT2D eigenvalue weighted by molar-refractivity contribution is 0.177. The highest BCUT2D eigenvalue weighted by atomic mass is 16.5. The van der Waals surface area contributed by atoms with Gasteiger partial charge in [0.25, 0.3) is 0 Å². The molecule has 4 N–H and O–H groups in total. The SMILES string of the molecule is CC(CCOc1ccc(N)cc1)Oc1ccc(N)cc1. The molecule has 0 saturated carbocycles. The Morgan fingerprint density at radius 3 is 1.90 bits per heavy atom. The molecule has 0 spiro atoms. The summed E-state index contributed by atoms with van der Waals surface area (Å²) in [6.45, 7) is 2.61. The van der Waals surface area contributed by atoms with E-state index in [9.17, 15) is 0 Å². The Morgan fingerprint density at radius 1 is 0.850 bits per heavy atom. The van der Waals surface area contributed by atoms with Crippen LogP contribution in [0, 0.1) is 0 Å². The van der Waals surface area contributed by atoms with E-state index in [1.165, 1.54) is 0 Å². The van der Waals surface area contributed by atoms with Gasteiger partial charge in [0.2, 0.25) is 0 Å². The zero-order valence-electron chi connectivity index (χ0n) is 11.6. The second-order valence-corrected chi connectivity index (χ2v) is 4.70. The van der Waals surface area contributed by atoms with Crippen LogP contribution in [0.1, 0.15) is 13.3 Å². The average molecular weight is 272 g/mol. The molecular formula is C16H20N2O2. The average Bonchev–Trinajstić information content (AvgIpc) is 2.44. The van der Waals surface area contributed by atoms with Gasteiger partial charge in [-0.3, -0.25) is 0 Å². The Labute approximate surface area is 119 Å². The second-order valence-electron chi connectivity index (χ2n) is 4.70. The van der Waals surface area contributed by atoms with Crippen molar-refractivity contribution in [2.24, 2.45) is 0 Å². The fourth-order valence-electron chi connectivity index (χ4n) is 1.74. The monoisotopic (exact) mass is 272 g/mol. The van der Waals surface area contributed by atoms with Gasteiger partial charge in [-0.05, 0) is 55.5 Å². The van der Waals surface area contributed by atoms with Crippen molar-refractivity contribution in [3.63, 3.8) is 0 Å². The Morgan fingerprint density at radius 2 is 1.35 bits per heavy atom. The molecule has 2 aromatic carbocycles. The quantitative estimate of drug-likeness (QED) is 0.793. The molecule has 4 heteroatoms. The molecule has 0 bridgehead atoms. The summed E-state index contributed by atoms with van der Waals surface area (Å²) in [5.74, 6) is 1.64. The highest BCUT2D eigenvalue weighted by Crippen LogP contribution is 2.17. The van der Waals surface area contributed by atoms with Crippen molar-refractivity contribution in [1.82, 2.24) is 0 Å². The van der Waals surface area contributed by atoms with Gasteiger partial charge in [0, 0.05) is 17.8 Å². The van der Waals surface area contributed by atoms with E-state index in [-0.39, 0.29) is 6.10 Å². The molecule has 20 heavy (non-hydrogen) atoms. The number of nitrogens with two attached hydrogens (primary N) is 2. The Bertz CT molecular complexity index is 523. The van der Waals surface area contributed by atoms with E-state index in [2.05, 4.69) is 0 Å². The number of hydrogen-bond donors (Lipinski definition) is 2. The van der Waals surface area contributed by atoms with Crippen LogP contribution in [0.15, 0.2) is 48.5 Å². The fourth-order valence-corrected chi connectivity index (χ4v) is 1.74. The number of ether oxygens (including phenoxy) is 2. The van der Waals surface area contributed by atoms with Gasteiger partial charge in [-0.15, -0.1) is 0 Å². The lowest BCUT2D eigenvalue weighted by Crippen LogP contribution is -2.15. The predicted octanol–water partition coefficient (Wildman–Crippen LogP) is 3.09. The van der Waals surface area contributed by atoms with Crippen LogP contribution in [-0.2, 0) is 0 Å². The summed E-state index contributed by atoms with van der Waals surface area (Å²) in [5, 5.41) is 0. The Kier molecular flexibility index (Phi) is 4.71. The third-order valence-corrected chi connectivity index (χ3v) is 2.89. The van der Waals surface area contributed by atoms with Crippen LogP contribution in [0.25, 0.3) is 0 Å². The van der Waals surface area contributed by atoms with Crippen LogP contribution in [0.3, 0.4) is 0 Å². The van der Waals surface area contributed by atoms with E-state index in [1.807, 2.05) is 55.5 Å². The molecule has 0 amide bonds. The first-order chi connectivity index (χ1) is 9.63. The van der Waals surface area contributed by atoms with Gasteiger partial charge in [-0.1, -0.05) is 0 Å². The van der Waals surface area contributed by atoms with Gasteiger partial charge >= 0.3 is 0 Å². The molecule has 0 heterocycles. The lowest BCUT2D eigenvalue weighted by atomic mass is 10.2. The Hall–Kier alpha value is -2.36. The van der Waals surface area contributed by atoms with E-state index in [0.29, 0.717) is 6.61 Å². The summed E-state index contributed by atoms with van der Waals surface area (Å²) in [6, 6.07) is 14.8. The summed E-state index contributed by atoms with van der Waals surface area (Å²) in [5.41, 5.74) is 12.7. The number of anilines is 2. The van der Waals surface area contributed by atoms with Crippen LogP contribution >= 0.6 is 0 Å². The van der Waals surface area contributed by atoms with Crippen molar-refractivity contribution < 1.29 is 9.47 Å². The molecule has 1 unspecified atom stereocenters. The maximum absolute atomic E-state index is 5.77. The fraction of sp³-hybridized carbons (Fsp3) is 0.250. The summed E-state index contributed by atoms with van der Waals surface area (Å²) < 4.78 is 11.4. The highest BCUT2D eigenvalue weighted by Gasteiger charge is 2.04. The molecule has 0 saturated heterocycles. The molecule has 0 aliphatic rings. The minimum Gasteiger partial charge on any atom is -0.493 e. The first kappa shape index (κ1) is 14.1. The number of nitrogen functional groups attached to an aromatic ring is 2. The van der Waals surface area contributed by atoms with Crippen LogP contribution in [0.4, 0.5) is 11.4 Å². The predicted molar refractivity (Wildman–Crippen MR) is 81.9 cm³/mol. The third-order valence-electron chi connectivity index (χ3n) is 2.89. The normalized spacial score (nSPS) is 11.8. The third kappa shape index (κ3) is 4.39. The van der Waals surface area contributed by atoms with Gasteiger partial charge < -0.3 is 20.9 Å². The minimum absolute atomic E-state index is 0.0763. The number of rotatable bonds is 6. The largest absolute Gasteiger partial charge is 0.493 e. The van der Waals surface area contributed by atoms with Gasteiger partial charge in [-0.2, -0.15) is 0 Å². The van der Waals surface area contributed by atoms with Crippen LogP contribution in [-0.4, -0.2) is 12.7 Å². The van der Waals surface area contributed by atoms with Crippen molar-refractivity contribution in [2.45, 2.75) is 19.4 Å². The minimum atomic E-state index is 0.0763. The van der Waals surface area contributed by atoms with E-state index >= 15 is 0 Å². The van der Waals surface area contributed by atoms with Crippen molar-refractivity contribution in [1.29, 1.82) is 0 Å². The Balaban J connectivity index is 1.73. The molecule has 0 radical (unpaired) electrons. The van der Waals surface area contributed by atoms with Gasteiger partial charge in [0.05, 0.1) is 12.7 Å². The molecule has 0 aliphatic carbocycles. The van der Waals surface area contributed by atoms with Crippen molar-refractivity contribution in [3.8, 4) is 11.5 Å². The smallest absolute Gasteiger partial charge is 0.119 e. The summed E-state index contributed by atoms with van der Waals surface area (Å²) in [4.78, 5) is 0. The highest BCUT2D eigenvalue weighted by molar-refractivity contribution is 5.42. The lowest BCUT2D eigenvalue weighted by Gasteiger charge is -2.15. The molecule has 2 rings (SSSR count). The second kappa shape index (κ2) is 6.70. The number of benzene rings is 2. The maximum atomic E-state index is 5.77. The van der Waals surface area contributed by atoms with Crippen molar-refractivity contribution in [2.75, 3.05) is 18.1 Å². The molecule has 0 aromatic heterocycles. The van der Waals surface area contributed by atoms with Crippen LogP contribution < -0.4 is 20.9 Å².